The number of nitrogens with zero attached hydrogens (tertiary/aromatic N) is 21. The Labute approximate surface area is 827 Å². The average molecular weight is 2070 g/mol. The molecule has 73 heteroatoms. The van der Waals surface area contributed by atoms with Gasteiger partial charge < -0.3 is 128 Å². The van der Waals surface area contributed by atoms with Crippen LogP contribution in [0.3, 0.4) is 0 Å². The third kappa shape index (κ3) is 20.4. The largest absolute Gasteiger partial charge is 1.00 e. The normalized spacial score (nSPS) is 37.1. The molecule has 21 heterocycles. The van der Waals surface area contributed by atoms with Crippen LogP contribution >= 0.6 is 20.2 Å². The monoisotopic (exact) mass is 2070 g/mol. The van der Waals surface area contributed by atoms with E-state index in [-0.39, 0.29) is 136 Å². The Balaban J connectivity index is 0.000000144. The van der Waals surface area contributed by atoms with Crippen molar-refractivity contribution >= 4 is 174 Å². The zero-order valence-corrected chi connectivity index (χ0v) is 82.1. The number of nitrogen functional groups attached to an aromatic ring is 3. The van der Waals surface area contributed by atoms with E-state index < -0.39 is 244 Å². The van der Waals surface area contributed by atoms with Crippen molar-refractivity contribution < 1.29 is 214 Å². The Hall–Kier alpha value is -5.38. The number of nitrogens with two attached hydrogens (primary N) is 6. The van der Waals surface area contributed by atoms with Gasteiger partial charge in [-0.25, -0.2) is 85.7 Å². The third-order valence-electron chi connectivity index (χ3n) is 22.0. The second-order valence-electron chi connectivity index (χ2n) is 30.0. The van der Waals surface area contributed by atoms with Gasteiger partial charge in [-0.05, 0) is 0 Å². The molecule has 21 rings (SSSR count). The molecule has 0 bridgehead atoms. The van der Waals surface area contributed by atoms with E-state index in [1.807, 2.05) is 0 Å². The van der Waals surface area contributed by atoms with E-state index in [9.17, 15) is 39.6 Å². The fourth-order valence-corrected chi connectivity index (χ4v) is 23.2. The van der Waals surface area contributed by atoms with Crippen LogP contribution in [0.1, 0.15) is 85.8 Å². The molecular weight excluding hydrogens is 2000 g/mol. The van der Waals surface area contributed by atoms with E-state index in [4.69, 9.17) is 138 Å². The molecule has 0 aromatic carbocycles. The molecule has 133 heavy (non-hydrogen) atoms. The summed E-state index contributed by atoms with van der Waals surface area (Å²) in [6, 6.07) is -1.63. The van der Waals surface area contributed by atoms with Crippen molar-refractivity contribution in [3.8, 4) is 0 Å². The minimum absolute atomic E-state index is 0. The molecular formula is C60H71F4N33Na3O24P3S6. The van der Waals surface area contributed by atoms with Crippen molar-refractivity contribution in [2.75, 3.05) is 72.7 Å². The molecule has 0 radical (unpaired) electrons. The van der Waals surface area contributed by atoms with E-state index in [2.05, 4.69) is 105 Å². The van der Waals surface area contributed by atoms with Crippen molar-refractivity contribution in [3.63, 3.8) is 0 Å². The van der Waals surface area contributed by atoms with Gasteiger partial charge in [-0.15, -0.1) is 0 Å². The Bertz CT molecular complexity index is 6230. The maximum atomic E-state index is 15.9. The zero-order chi connectivity index (χ0) is 91.2. The molecule has 0 amide bonds. The number of halogens is 4. The van der Waals surface area contributed by atoms with Gasteiger partial charge in [-0.1, -0.05) is 23.6 Å². The van der Waals surface area contributed by atoms with Gasteiger partial charge in [0.15, 0.2) is 90.8 Å². The maximum absolute atomic E-state index is 15.9. The molecule has 0 spiro atoms. The summed E-state index contributed by atoms with van der Waals surface area (Å²) >= 11 is 15.3. The summed E-state index contributed by atoms with van der Waals surface area (Å²) in [6.07, 6.45) is -17.3. The second-order valence-corrected chi connectivity index (χ2v) is 42.2. The van der Waals surface area contributed by atoms with Gasteiger partial charge in [0.1, 0.15) is 169 Å². The van der Waals surface area contributed by atoms with Gasteiger partial charge in [0.25, 0.3) is 0 Å². The van der Waals surface area contributed by atoms with Gasteiger partial charge in [0.05, 0.1) is 102 Å². The number of rotatable bonds is 6. The Morgan fingerprint density at radius 1 is 0.429 bits per heavy atom. The molecule has 0 aliphatic carbocycles. The average Bonchev–Trinajstić information content (AvgIpc) is 1.63. The van der Waals surface area contributed by atoms with Gasteiger partial charge in [-0.3, -0.25) is 51.1 Å². The molecule has 28 atom stereocenters. The first-order valence-corrected chi connectivity index (χ1v) is 50.3. The van der Waals surface area contributed by atoms with E-state index in [0.717, 1.165) is 6.33 Å². The number of hydrogen-bond donors (Lipinski definition) is 12. The van der Waals surface area contributed by atoms with Crippen LogP contribution in [0.4, 0.5) is 52.5 Å². The quantitative estimate of drug-likeness (QED) is 0.0318. The summed E-state index contributed by atoms with van der Waals surface area (Å²) in [5.74, 6) is 1.19. The standard InChI is InChI=1S/C20H24F2N11O8PS2.2C20H25FN11O8PS2.3Na/c21-9-11-7(39-19(9)32-5-29-12-15(23)25-3-27-17(12)32)1-37-42(34,43)41-14-8(2-38-44(35,36)31-11)40-20(10(14)22)33-6-30-13-16(24)26-4-28-18(13)33;2*21-12-15-10(38-20(12)32-7-29-14-17(23)25-5-27-19(14)32)3-36-41(33,42)39-8-1-11(37-9(8)2-30-43(34,35)40-15)31-6-28-13-16(22)24-4-26-18(13)31;;;/h3-11,14,16,19-20,31H,1-2,24H2,(H,26,28)(H,34,43)(H2,23,25,27);2*4-12,15,17,20,30H,1-3,23H2,(H,25,27)(H,33,42)(H2,22,24,26);;;/q;;;3*+1/p-3/t7-,8-,9-,10-,11-,14-,16?,19-,20-,42?;2*8-,9+,10+,11+,12+,15+,17?,20+,41?;;;/m100.../s1. The molecule has 0 saturated carbocycles. The van der Waals surface area contributed by atoms with Crippen LogP contribution in [0, 0.1) is 0 Å². The van der Waals surface area contributed by atoms with Crippen LogP contribution in [0.2, 0.25) is 0 Å². The van der Waals surface area contributed by atoms with Gasteiger partial charge in [0, 0.05) is 25.9 Å². The van der Waals surface area contributed by atoms with Crippen molar-refractivity contribution in [1.82, 2.24) is 101 Å². The van der Waals surface area contributed by atoms with Crippen LogP contribution in [0.5, 0.6) is 0 Å². The van der Waals surface area contributed by atoms with Crippen molar-refractivity contribution in [1.29, 1.82) is 0 Å². The molecule has 6 unspecified atom stereocenters. The molecule has 12 aliphatic rings. The minimum Gasteiger partial charge on any atom is -0.780 e. The number of ether oxygens (including phenoxy) is 6. The Kier molecular flexibility index (Phi) is 30.0. The van der Waals surface area contributed by atoms with Crippen molar-refractivity contribution in [2.24, 2.45) is 32.2 Å². The zero-order valence-electron chi connectivity index (χ0n) is 68.5. The predicted octanol–water partition coefficient (Wildman–Crippen LogP) is -12.6. The summed E-state index contributed by atoms with van der Waals surface area (Å²) in [4.78, 5) is 87.4. The molecule has 57 nitrogen and oxygen atoms in total. The first-order chi connectivity index (χ1) is 61.9. The van der Waals surface area contributed by atoms with E-state index in [1.54, 1.807) is 9.13 Å². The summed E-state index contributed by atoms with van der Waals surface area (Å²) in [7, 11) is -13.9. The first kappa shape index (κ1) is 101. The minimum atomic E-state index is -4.73. The number of aromatic nitrogens is 18. The fraction of sp³-hybridized carbons (Fsp3) is 0.550. The molecule has 12 aliphatic heterocycles. The molecule has 9 saturated heterocycles. The maximum Gasteiger partial charge on any atom is 1.00 e. The topological polar surface area (TPSA) is 754 Å². The van der Waals surface area contributed by atoms with E-state index in [0.29, 0.717) is 51.0 Å². The first-order valence-electron chi connectivity index (χ1n) is 38.5. The number of alkyl halides is 4. The van der Waals surface area contributed by atoms with Gasteiger partial charge in [0.2, 0.25) is 0 Å². The summed E-state index contributed by atoms with van der Waals surface area (Å²) in [5, 5.41) is 8.45. The smallest absolute Gasteiger partial charge is 0.780 e. The van der Waals surface area contributed by atoms with Crippen LogP contribution < -0.4 is 163 Å². The number of nitrogens with one attached hydrogen (secondary N) is 6. The predicted molar refractivity (Wildman–Crippen MR) is 437 cm³/mol. The SMILES string of the molecule is Nc1ncnc2c1ncn2[C@@H]1O[C@@H]2COP([O-])(=S)O[C@H]3[C@@H](F)[C@H](n4cnc5c4NC=NC5N)O[C@@H]3COS(=O)(=O)N[C@H]2[C@H]1F.Nc1ncnc2c1ncn2[C@H]1C[C@@H]2OP(=O)([S-])OC[C@H]3O[C@@H](n4cnc5c4NC=NC5N)[C@H](F)[C@@H]3OS(=O)(=O)NC[C@H]2O1.Nc1ncnc2c1ncn2[C@H]1C[C@@H]2OP([O-])(=S)OC[C@H]3O[C@@H](n4cnc5c4NC=NC5N)[C@H](F)[C@@H]3OS(=O)(=O)NC[C@H]2O1.[Na+].[Na+].[Na+]. The summed E-state index contributed by atoms with van der Waals surface area (Å²) < 4.78 is 253. The third-order valence-corrected chi connectivity index (χ3v) is 29.7. The Morgan fingerprint density at radius 2 is 0.789 bits per heavy atom. The molecule has 9 aromatic rings. The molecule has 9 fully saturated rings. The van der Waals surface area contributed by atoms with Crippen LogP contribution in [-0.4, -0.2) is 269 Å². The second kappa shape index (κ2) is 39.6. The van der Waals surface area contributed by atoms with Gasteiger partial charge in [-0.2, -0.15) is 39.4 Å². The van der Waals surface area contributed by atoms with Crippen molar-refractivity contribution in [3.05, 3.63) is 74.0 Å². The van der Waals surface area contributed by atoms with E-state index in [1.165, 1.54) is 87.9 Å². The van der Waals surface area contributed by atoms with Crippen LogP contribution in [0.25, 0.3) is 33.5 Å². The van der Waals surface area contributed by atoms with Crippen LogP contribution in [-0.2, 0) is 139 Å². The number of anilines is 6. The number of hydrogen-bond acceptors (Lipinski definition) is 51. The van der Waals surface area contributed by atoms with Crippen LogP contribution in [0.15, 0.2) is 71.9 Å². The fourth-order valence-electron chi connectivity index (χ4n) is 16.0. The summed E-state index contributed by atoms with van der Waals surface area (Å²) in [5.41, 5.74) is 37.9. The number of fused-ring (bicyclic) bond motifs is 12. The molecule has 18 N–H and O–H groups in total. The Morgan fingerprint density at radius 3 is 1.23 bits per heavy atom. The number of imidazole rings is 6. The van der Waals surface area contributed by atoms with Gasteiger partial charge >= 0.3 is 120 Å². The number of aliphatic imine (C=N–C) groups is 3. The van der Waals surface area contributed by atoms with Crippen molar-refractivity contribution in [2.45, 2.75) is 167 Å². The molecule has 9 aromatic heterocycles. The summed E-state index contributed by atoms with van der Waals surface area (Å²) in [6.45, 7) is -16.6. The van der Waals surface area contributed by atoms with E-state index >= 15 is 17.6 Å². The molecule has 702 valence electrons.